The molecule has 2 aliphatic carbocycles. The second-order valence-corrected chi connectivity index (χ2v) is 4.63. The largest absolute Gasteiger partial charge is 0.269 e. The summed E-state index contributed by atoms with van der Waals surface area (Å²) in [4.78, 5) is 0. The van der Waals surface area contributed by atoms with Crippen LogP contribution in [0.25, 0.3) is 0 Å². The van der Waals surface area contributed by atoms with Gasteiger partial charge in [0.15, 0.2) is 0 Å². The van der Waals surface area contributed by atoms with E-state index in [2.05, 4.69) is 15.9 Å². The molecule has 1 atom stereocenters. The number of rotatable bonds is 0. The van der Waals surface area contributed by atoms with Gasteiger partial charge in [-0.2, -0.15) is 0 Å². The fourth-order valence-corrected chi connectivity index (χ4v) is 2.53. The van der Waals surface area contributed by atoms with E-state index in [1.54, 1.807) is 6.08 Å². The van der Waals surface area contributed by atoms with Crippen LogP contribution in [-0.4, -0.2) is 5.92 Å². The molecule has 72 valence electrons. The summed E-state index contributed by atoms with van der Waals surface area (Å²) in [6, 6.07) is 0. The van der Waals surface area contributed by atoms with Crippen molar-refractivity contribution >= 4 is 15.9 Å². The summed E-state index contributed by atoms with van der Waals surface area (Å²) < 4.78 is 27.6. The van der Waals surface area contributed by atoms with E-state index in [9.17, 15) is 8.78 Å². The molecule has 0 aromatic carbocycles. The number of hydrogen-bond acceptors (Lipinski definition) is 0. The molecule has 13 heavy (non-hydrogen) atoms. The molecule has 1 fully saturated rings. The summed E-state index contributed by atoms with van der Waals surface area (Å²) in [5.41, 5.74) is 0.341. The van der Waals surface area contributed by atoms with Crippen LogP contribution in [-0.2, 0) is 0 Å². The summed E-state index contributed by atoms with van der Waals surface area (Å²) >= 11 is 3.25. The second-order valence-electron chi connectivity index (χ2n) is 3.72. The molecule has 0 N–H and O–H groups in total. The maximum absolute atomic E-state index is 13.4. The Morgan fingerprint density at radius 3 is 3.00 bits per heavy atom. The molecule has 0 bridgehead atoms. The van der Waals surface area contributed by atoms with Crippen molar-refractivity contribution in [2.45, 2.75) is 31.6 Å². The van der Waals surface area contributed by atoms with Crippen molar-refractivity contribution in [1.82, 2.24) is 0 Å². The summed E-state index contributed by atoms with van der Waals surface area (Å²) in [6.07, 6.45) is 5.94. The first kappa shape index (κ1) is 9.38. The first-order valence-electron chi connectivity index (χ1n) is 4.55. The van der Waals surface area contributed by atoms with Gasteiger partial charge in [-0.05, 0) is 31.3 Å². The molecular formula is C10H11BrF2. The zero-order valence-electron chi connectivity index (χ0n) is 7.19. The first-order valence-corrected chi connectivity index (χ1v) is 5.34. The number of allylic oxidation sites excluding steroid dienone is 4. The van der Waals surface area contributed by atoms with Crippen molar-refractivity contribution in [3.05, 3.63) is 22.2 Å². The van der Waals surface area contributed by atoms with Crippen LogP contribution in [0.4, 0.5) is 8.78 Å². The summed E-state index contributed by atoms with van der Waals surface area (Å²) in [7, 11) is 0. The second kappa shape index (κ2) is 3.19. The monoisotopic (exact) mass is 248 g/mol. The fraction of sp³-hybridized carbons (Fsp3) is 0.600. The van der Waals surface area contributed by atoms with E-state index in [4.69, 9.17) is 0 Å². The Morgan fingerprint density at radius 1 is 1.46 bits per heavy atom. The van der Waals surface area contributed by atoms with Gasteiger partial charge in [0.1, 0.15) is 0 Å². The van der Waals surface area contributed by atoms with Crippen LogP contribution in [0, 0.1) is 5.92 Å². The molecule has 0 aromatic rings. The van der Waals surface area contributed by atoms with Crippen molar-refractivity contribution in [3.8, 4) is 0 Å². The molecule has 3 heteroatoms. The van der Waals surface area contributed by atoms with Crippen molar-refractivity contribution < 1.29 is 8.78 Å². The van der Waals surface area contributed by atoms with Gasteiger partial charge < -0.3 is 0 Å². The van der Waals surface area contributed by atoms with Gasteiger partial charge in [-0.3, -0.25) is 0 Å². The van der Waals surface area contributed by atoms with E-state index >= 15 is 0 Å². The predicted molar refractivity (Wildman–Crippen MR) is 52.0 cm³/mol. The van der Waals surface area contributed by atoms with Crippen LogP contribution in [0.3, 0.4) is 0 Å². The van der Waals surface area contributed by atoms with Crippen LogP contribution >= 0.6 is 15.9 Å². The van der Waals surface area contributed by atoms with Gasteiger partial charge in [-0.1, -0.05) is 22.0 Å². The minimum atomic E-state index is -2.56. The maximum atomic E-state index is 13.4. The molecule has 0 spiro atoms. The van der Waals surface area contributed by atoms with Crippen molar-refractivity contribution in [2.24, 2.45) is 5.92 Å². The standard InChI is InChI=1S/C10H11BrF2/c11-8-4-3-7-2-1-5-10(12,13)9(7)6-8/h4,6-7H,1-3,5H2. The molecule has 0 amide bonds. The van der Waals surface area contributed by atoms with Crippen LogP contribution in [0.5, 0.6) is 0 Å². The molecule has 0 aliphatic heterocycles. The Kier molecular flexibility index (Phi) is 2.30. The Labute approximate surface area is 84.8 Å². The summed E-state index contributed by atoms with van der Waals surface area (Å²) in [6.45, 7) is 0. The molecule has 0 radical (unpaired) electrons. The van der Waals surface area contributed by atoms with E-state index in [1.807, 2.05) is 6.08 Å². The van der Waals surface area contributed by atoms with E-state index in [0.29, 0.717) is 12.0 Å². The fourth-order valence-electron chi connectivity index (χ4n) is 2.10. The van der Waals surface area contributed by atoms with Gasteiger partial charge >= 0.3 is 0 Å². The number of hydrogen-bond donors (Lipinski definition) is 0. The Bertz CT molecular complexity index is 279. The third-order valence-corrected chi connectivity index (χ3v) is 3.35. The van der Waals surface area contributed by atoms with Gasteiger partial charge in [0.2, 0.25) is 0 Å². The van der Waals surface area contributed by atoms with Crippen LogP contribution in [0.2, 0.25) is 0 Å². The highest BCUT2D eigenvalue weighted by Gasteiger charge is 2.41. The SMILES string of the molecule is FC1(F)CCCC2CC=C(Br)C=C21. The number of halogens is 3. The topological polar surface area (TPSA) is 0 Å². The maximum Gasteiger partial charge on any atom is 0.269 e. The van der Waals surface area contributed by atoms with Crippen LogP contribution < -0.4 is 0 Å². The minimum absolute atomic E-state index is 0.0234. The van der Waals surface area contributed by atoms with Crippen molar-refractivity contribution in [3.63, 3.8) is 0 Å². The van der Waals surface area contributed by atoms with Gasteiger partial charge in [-0.25, -0.2) is 8.78 Å². The van der Waals surface area contributed by atoms with E-state index in [0.717, 1.165) is 17.3 Å². The van der Waals surface area contributed by atoms with Gasteiger partial charge in [0.05, 0.1) is 0 Å². The zero-order valence-corrected chi connectivity index (χ0v) is 8.78. The highest BCUT2D eigenvalue weighted by Crippen LogP contribution is 2.45. The number of alkyl halides is 2. The van der Waals surface area contributed by atoms with E-state index in [-0.39, 0.29) is 12.3 Å². The molecule has 0 heterocycles. The molecule has 2 rings (SSSR count). The molecule has 1 unspecified atom stereocenters. The van der Waals surface area contributed by atoms with E-state index in [1.165, 1.54) is 0 Å². The lowest BCUT2D eigenvalue weighted by atomic mass is 9.78. The lowest BCUT2D eigenvalue weighted by molar-refractivity contribution is 0.00277. The summed E-state index contributed by atoms with van der Waals surface area (Å²) in [5.74, 6) is -2.47. The average molecular weight is 249 g/mol. The third kappa shape index (κ3) is 1.71. The lowest BCUT2D eigenvalue weighted by Gasteiger charge is -2.33. The first-order chi connectivity index (χ1) is 6.09. The van der Waals surface area contributed by atoms with Crippen molar-refractivity contribution in [2.75, 3.05) is 0 Å². The summed E-state index contributed by atoms with van der Waals surface area (Å²) in [5, 5.41) is 0. The number of fused-ring (bicyclic) bond motifs is 1. The minimum Gasteiger partial charge on any atom is -0.202 e. The molecular weight excluding hydrogens is 238 g/mol. The quantitative estimate of drug-likeness (QED) is 0.608. The highest BCUT2D eigenvalue weighted by molar-refractivity contribution is 9.11. The lowest BCUT2D eigenvalue weighted by Crippen LogP contribution is -2.30. The Hall–Kier alpha value is -0.180. The molecule has 0 nitrogen and oxygen atoms in total. The van der Waals surface area contributed by atoms with Gasteiger partial charge in [-0.15, -0.1) is 0 Å². The third-order valence-electron chi connectivity index (χ3n) is 2.80. The Balaban J connectivity index is 2.32. The van der Waals surface area contributed by atoms with Crippen LogP contribution in [0.1, 0.15) is 25.7 Å². The van der Waals surface area contributed by atoms with E-state index < -0.39 is 5.92 Å². The molecule has 0 aromatic heterocycles. The molecule has 1 saturated carbocycles. The highest BCUT2D eigenvalue weighted by atomic mass is 79.9. The zero-order chi connectivity index (χ0) is 9.47. The van der Waals surface area contributed by atoms with Crippen molar-refractivity contribution in [1.29, 1.82) is 0 Å². The predicted octanol–water partition coefficient (Wildman–Crippen LogP) is 4.03. The molecule has 2 aliphatic rings. The average Bonchev–Trinajstić information content (AvgIpc) is 2.06. The normalized spacial score (nSPS) is 31.8. The van der Waals surface area contributed by atoms with Gasteiger partial charge in [0.25, 0.3) is 5.92 Å². The smallest absolute Gasteiger partial charge is 0.202 e. The van der Waals surface area contributed by atoms with Crippen LogP contribution in [0.15, 0.2) is 22.2 Å². The Morgan fingerprint density at radius 2 is 2.23 bits per heavy atom. The molecule has 0 saturated heterocycles. The van der Waals surface area contributed by atoms with Gasteiger partial charge in [0, 0.05) is 16.5 Å².